The van der Waals surface area contributed by atoms with Gasteiger partial charge in [-0.1, -0.05) is 20.8 Å². The number of ether oxygens (including phenoxy) is 1. The lowest BCUT2D eigenvalue weighted by molar-refractivity contribution is -0.140. The molecule has 0 spiro atoms. The maximum atomic E-state index is 12.7. The maximum absolute atomic E-state index is 12.7. The van der Waals surface area contributed by atoms with Crippen LogP contribution in [0, 0.1) is 0 Å². The Hall–Kier alpha value is -1.63. The highest BCUT2D eigenvalue weighted by molar-refractivity contribution is 5.98. The van der Waals surface area contributed by atoms with Crippen molar-refractivity contribution in [1.82, 2.24) is 10.3 Å². The second-order valence-corrected chi connectivity index (χ2v) is 7.35. The maximum Gasteiger partial charge on any atom is 0.256 e. The summed E-state index contributed by atoms with van der Waals surface area (Å²) in [6.45, 7) is 7.72. The molecule has 0 aliphatic carbocycles. The number of rotatable bonds is 3. The summed E-state index contributed by atoms with van der Waals surface area (Å²) in [5.74, 6) is 0.582. The minimum absolute atomic E-state index is 0. The SMILES string of the molecule is COC1(C(=O)Nc2ccc3oc(C(C)(C)C)nc3c2)CCNCC1.Cl. The van der Waals surface area contributed by atoms with Gasteiger partial charge < -0.3 is 19.8 Å². The molecule has 1 aromatic carbocycles. The summed E-state index contributed by atoms with van der Waals surface area (Å²) < 4.78 is 11.4. The summed E-state index contributed by atoms with van der Waals surface area (Å²) in [4.78, 5) is 17.3. The summed E-state index contributed by atoms with van der Waals surface area (Å²) in [5.41, 5.74) is 1.25. The third-order valence-corrected chi connectivity index (χ3v) is 4.50. The number of nitrogens with zero attached hydrogens (tertiary/aromatic N) is 1. The predicted molar refractivity (Wildman–Crippen MR) is 100 cm³/mol. The highest BCUT2D eigenvalue weighted by Crippen LogP contribution is 2.29. The molecule has 7 heteroatoms. The lowest BCUT2D eigenvalue weighted by Crippen LogP contribution is -2.51. The molecule has 0 saturated carbocycles. The Morgan fingerprint density at radius 3 is 2.60 bits per heavy atom. The largest absolute Gasteiger partial charge is 0.440 e. The van der Waals surface area contributed by atoms with Gasteiger partial charge in [0.15, 0.2) is 5.58 Å². The second kappa shape index (κ2) is 7.32. The lowest BCUT2D eigenvalue weighted by Gasteiger charge is -2.34. The van der Waals surface area contributed by atoms with E-state index in [1.54, 1.807) is 7.11 Å². The van der Waals surface area contributed by atoms with E-state index in [1.807, 2.05) is 18.2 Å². The Labute approximate surface area is 154 Å². The standard InChI is InChI=1S/C18H25N3O3.ClH/c1-17(2,3)16-21-13-11-12(5-6-14(13)24-16)20-15(22)18(23-4)7-9-19-10-8-18;/h5-6,11,19H,7-10H2,1-4H3,(H,20,22);1H. The molecule has 1 aliphatic heterocycles. The average molecular weight is 368 g/mol. The van der Waals surface area contributed by atoms with Gasteiger partial charge in [0.25, 0.3) is 5.91 Å². The van der Waals surface area contributed by atoms with Crippen molar-refractivity contribution in [2.24, 2.45) is 0 Å². The van der Waals surface area contributed by atoms with Crippen molar-refractivity contribution in [2.45, 2.75) is 44.6 Å². The molecule has 2 N–H and O–H groups in total. The number of anilines is 1. The van der Waals surface area contributed by atoms with Gasteiger partial charge in [0.1, 0.15) is 11.1 Å². The first-order valence-electron chi connectivity index (χ1n) is 8.32. The third-order valence-electron chi connectivity index (χ3n) is 4.50. The number of methoxy groups -OCH3 is 1. The van der Waals surface area contributed by atoms with Gasteiger partial charge in [0.2, 0.25) is 5.89 Å². The fourth-order valence-corrected chi connectivity index (χ4v) is 2.93. The average Bonchev–Trinajstić information content (AvgIpc) is 2.99. The number of carbonyl (C=O) groups is 1. The molecule has 1 fully saturated rings. The number of fused-ring (bicyclic) bond motifs is 1. The Kier molecular flexibility index (Phi) is 5.76. The van der Waals surface area contributed by atoms with Crippen LogP contribution in [-0.4, -0.2) is 36.7 Å². The Balaban J connectivity index is 0.00000225. The van der Waals surface area contributed by atoms with E-state index in [4.69, 9.17) is 9.15 Å². The number of amides is 1. The Morgan fingerprint density at radius 1 is 1.32 bits per heavy atom. The van der Waals surface area contributed by atoms with Crippen LogP contribution < -0.4 is 10.6 Å². The smallest absolute Gasteiger partial charge is 0.256 e. The number of oxazole rings is 1. The highest BCUT2D eigenvalue weighted by atomic mass is 35.5. The molecule has 6 nitrogen and oxygen atoms in total. The number of benzene rings is 1. The number of carbonyl (C=O) groups excluding carboxylic acids is 1. The quantitative estimate of drug-likeness (QED) is 0.870. The van der Waals surface area contributed by atoms with E-state index in [9.17, 15) is 4.79 Å². The van der Waals surface area contributed by atoms with Crippen LogP contribution in [0.15, 0.2) is 22.6 Å². The predicted octanol–water partition coefficient (Wildman–Crippen LogP) is 3.25. The first-order valence-corrected chi connectivity index (χ1v) is 8.32. The van der Waals surface area contributed by atoms with E-state index in [0.29, 0.717) is 24.4 Å². The first kappa shape index (κ1) is 19.7. The van der Waals surface area contributed by atoms with Crippen LogP contribution in [0.4, 0.5) is 5.69 Å². The number of halogens is 1. The zero-order chi connectivity index (χ0) is 17.4. The van der Waals surface area contributed by atoms with Gasteiger partial charge in [-0.25, -0.2) is 4.98 Å². The fraction of sp³-hybridized carbons (Fsp3) is 0.556. The van der Waals surface area contributed by atoms with Gasteiger partial charge in [0, 0.05) is 18.2 Å². The van der Waals surface area contributed by atoms with Crippen LogP contribution in [0.5, 0.6) is 0 Å². The van der Waals surface area contributed by atoms with E-state index in [0.717, 1.165) is 24.2 Å². The molecule has 1 amide bonds. The van der Waals surface area contributed by atoms with Crippen LogP contribution in [0.25, 0.3) is 11.1 Å². The zero-order valence-electron chi connectivity index (χ0n) is 15.1. The molecule has 1 aliphatic rings. The zero-order valence-corrected chi connectivity index (χ0v) is 16.0. The van der Waals surface area contributed by atoms with Crippen LogP contribution in [0.2, 0.25) is 0 Å². The summed E-state index contributed by atoms with van der Waals surface area (Å²) >= 11 is 0. The molecule has 0 unspecified atom stereocenters. The van der Waals surface area contributed by atoms with Crippen molar-refractivity contribution < 1.29 is 13.9 Å². The van der Waals surface area contributed by atoms with Gasteiger partial charge >= 0.3 is 0 Å². The van der Waals surface area contributed by atoms with Gasteiger partial charge in [0.05, 0.1) is 0 Å². The molecule has 1 saturated heterocycles. The van der Waals surface area contributed by atoms with Crippen molar-refractivity contribution >= 4 is 35.1 Å². The highest BCUT2D eigenvalue weighted by Gasteiger charge is 2.39. The molecule has 138 valence electrons. The van der Waals surface area contributed by atoms with Crippen molar-refractivity contribution in [2.75, 3.05) is 25.5 Å². The van der Waals surface area contributed by atoms with Crippen molar-refractivity contribution in [1.29, 1.82) is 0 Å². The number of hydrogen-bond acceptors (Lipinski definition) is 5. The molecule has 0 radical (unpaired) electrons. The van der Waals surface area contributed by atoms with Gasteiger partial charge in [-0.05, 0) is 44.1 Å². The van der Waals surface area contributed by atoms with E-state index in [2.05, 4.69) is 36.4 Å². The van der Waals surface area contributed by atoms with Gasteiger partial charge in [-0.3, -0.25) is 4.79 Å². The van der Waals surface area contributed by atoms with Crippen molar-refractivity contribution in [3.8, 4) is 0 Å². The van der Waals surface area contributed by atoms with Gasteiger partial charge in [-0.2, -0.15) is 0 Å². The topological polar surface area (TPSA) is 76.4 Å². The monoisotopic (exact) mass is 367 g/mol. The number of nitrogens with one attached hydrogen (secondary N) is 2. The van der Waals surface area contributed by atoms with Gasteiger partial charge in [-0.15, -0.1) is 12.4 Å². The number of aromatic nitrogens is 1. The number of hydrogen-bond donors (Lipinski definition) is 2. The third kappa shape index (κ3) is 3.97. The summed E-state index contributed by atoms with van der Waals surface area (Å²) in [5, 5.41) is 6.22. The van der Waals surface area contributed by atoms with E-state index < -0.39 is 5.60 Å². The number of piperidine rings is 1. The van der Waals surface area contributed by atoms with E-state index >= 15 is 0 Å². The van der Waals surface area contributed by atoms with Crippen molar-refractivity contribution in [3.05, 3.63) is 24.1 Å². The summed E-state index contributed by atoms with van der Waals surface area (Å²) in [7, 11) is 1.60. The second-order valence-electron chi connectivity index (χ2n) is 7.35. The molecule has 0 atom stereocenters. The van der Waals surface area contributed by atoms with Crippen molar-refractivity contribution in [3.63, 3.8) is 0 Å². The summed E-state index contributed by atoms with van der Waals surface area (Å²) in [6, 6.07) is 5.52. The molecular weight excluding hydrogens is 342 g/mol. The first-order chi connectivity index (χ1) is 11.3. The molecule has 1 aromatic heterocycles. The fourth-order valence-electron chi connectivity index (χ4n) is 2.93. The Morgan fingerprint density at radius 2 is 2.00 bits per heavy atom. The molecule has 0 bridgehead atoms. The molecular formula is C18H26ClN3O3. The summed E-state index contributed by atoms with van der Waals surface area (Å²) in [6.07, 6.45) is 1.32. The molecule has 25 heavy (non-hydrogen) atoms. The molecule has 2 aromatic rings. The van der Waals surface area contributed by atoms with Crippen LogP contribution in [0.1, 0.15) is 39.5 Å². The van der Waals surface area contributed by atoms with Crippen LogP contribution >= 0.6 is 12.4 Å². The van der Waals surface area contributed by atoms with Crippen LogP contribution in [-0.2, 0) is 14.9 Å². The minimum Gasteiger partial charge on any atom is -0.440 e. The molecule has 3 rings (SSSR count). The Bertz CT molecular complexity index is 746. The van der Waals surface area contributed by atoms with E-state index in [-0.39, 0.29) is 23.7 Å². The minimum atomic E-state index is -0.763. The normalized spacial score (nSPS) is 17.1. The van der Waals surface area contributed by atoms with Crippen LogP contribution in [0.3, 0.4) is 0 Å². The lowest BCUT2D eigenvalue weighted by atomic mass is 9.91. The van der Waals surface area contributed by atoms with E-state index in [1.165, 1.54) is 0 Å². The molecule has 2 heterocycles.